The van der Waals surface area contributed by atoms with Crippen LogP contribution in [0, 0.1) is 5.82 Å². The van der Waals surface area contributed by atoms with Gasteiger partial charge in [-0.15, -0.1) is 0 Å². The highest BCUT2D eigenvalue weighted by Gasteiger charge is 2.13. The van der Waals surface area contributed by atoms with E-state index in [2.05, 4.69) is 5.43 Å². The molecule has 0 aromatic heterocycles. The molecule has 6 heteroatoms. The fourth-order valence-corrected chi connectivity index (χ4v) is 1.78. The third kappa shape index (κ3) is 2.16. The van der Waals surface area contributed by atoms with Crippen LogP contribution < -0.4 is 11.3 Å². The topological polar surface area (TPSA) is 72.2 Å². The molecule has 1 aromatic carbocycles. The van der Waals surface area contributed by atoms with Gasteiger partial charge in [0, 0.05) is 6.26 Å². The third-order valence-corrected chi connectivity index (χ3v) is 2.64. The Hall–Kier alpha value is -1.14. The number of hydrazine groups is 1. The van der Waals surface area contributed by atoms with Gasteiger partial charge < -0.3 is 5.43 Å². The molecule has 0 amide bonds. The van der Waals surface area contributed by atoms with E-state index in [9.17, 15) is 12.8 Å². The largest absolute Gasteiger partial charge is 0.323 e. The molecule has 0 heterocycles. The molecule has 0 saturated carbocycles. The summed E-state index contributed by atoms with van der Waals surface area (Å²) in [5, 5.41) is 0. The van der Waals surface area contributed by atoms with Gasteiger partial charge in [-0.05, 0) is 18.2 Å². The van der Waals surface area contributed by atoms with Gasteiger partial charge in [-0.25, -0.2) is 12.8 Å². The number of benzene rings is 1. The summed E-state index contributed by atoms with van der Waals surface area (Å²) in [6.07, 6.45) is 0.989. The van der Waals surface area contributed by atoms with Crippen molar-refractivity contribution >= 4 is 15.5 Å². The molecule has 0 unspecified atom stereocenters. The lowest BCUT2D eigenvalue weighted by Gasteiger charge is -2.06. The van der Waals surface area contributed by atoms with Crippen LogP contribution >= 0.6 is 0 Å². The van der Waals surface area contributed by atoms with E-state index in [0.717, 1.165) is 18.4 Å². The summed E-state index contributed by atoms with van der Waals surface area (Å²) in [5.41, 5.74) is 2.37. The fourth-order valence-electron chi connectivity index (χ4n) is 0.922. The van der Waals surface area contributed by atoms with Gasteiger partial charge in [0.1, 0.15) is 5.82 Å². The van der Waals surface area contributed by atoms with Gasteiger partial charge in [-0.3, -0.25) is 5.84 Å². The SMILES string of the molecule is CS(=O)(=O)c1cc(F)ccc1NN. The van der Waals surface area contributed by atoms with Gasteiger partial charge in [0.25, 0.3) is 0 Å². The molecule has 72 valence electrons. The number of nitrogen functional groups attached to an aromatic ring is 1. The van der Waals surface area contributed by atoms with E-state index >= 15 is 0 Å². The predicted molar refractivity (Wildman–Crippen MR) is 47.3 cm³/mol. The molecule has 1 aromatic rings. The van der Waals surface area contributed by atoms with E-state index in [0.29, 0.717) is 0 Å². The Bertz CT molecular complexity index is 417. The second-order valence-corrected chi connectivity index (χ2v) is 4.54. The van der Waals surface area contributed by atoms with Crippen LogP contribution in [-0.4, -0.2) is 14.7 Å². The van der Waals surface area contributed by atoms with E-state index < -0.39 is 15.7 Å². The molecule has 0 radical (unpaired) electrons. The van der Waals surface area contributed by atoms with Crippen molar-refractivity contribution < 1.29 is 12.8 Å². The van der Waals surface area contributed by atoms with E-state index in [1.165, 1.54) is 6.07 Å². The minimum absolute atomic E-state index is 0.144. The van der Waals surface area contributed by atoms with Crippen LogP contribution in [0.2, 0.25) is 0 Å². The number of nitrogens with two attached hydrogens (primary N) is 1. The first-order valence-corrected chi connectivity index (χ1v) is 5.30. The molecule has 13 heavy (non-hydrogen) atoms. The summed E-state index contributed by atoms with van der Waals surface area (Å²) >= 11 is 0. The van der Waals surface area contributed by atoms with Crippen molar-refractivity contribution in [2.75, 3.05) is 11.7 Å². The fraction of sp³-hybridized carbons (Fsp3) is 0.143. The Kier molecular flexibility index (Phi) is 2.53. The maximum Gasteiger partial charge on any atom is 0.177 e. The standard InChI is InChI=1S/C7H9FN2O2S/c1-13(11,12)7-4-5(8)2-3-6(7)10-9/h2-4,10H,9H2,1H3. The zero-order valence-electron chi connectivity index (χ0n) is 6.91. The number of hydrogen-bond acceptors (Lipinski definition) is 4. The maximum atomic E-state index is 12.7. The molecule has 0 saturated heterocycles. The zero-order valence-corrected chi connectivity index (χ0v) is 7.73. The molecule has 1 rings (SSSR count). The third-order valence-electron chi connectivity index (χ3n) is 1.50. The van der Waals surface area contributed by atoms with E-state index in [4.69, 9.17) is 5.84 Å². The van der Waals surface area contributed by atoms with Crippen molar-refractivity contribution in [3.63, 3.8) is 0 Å². The number of sulfone groups is 1. The van der Waals surface area contributed by atoms with Gasteiger partial charge in [0.15, 0.2) is 9.84 Å². The Morgan fingerprint density at radius 3 is 2.54 bits per heavy atom. The Balaban J connectivity index is 3.41. The quantitative estimate of drug-likeness (QED) is 0.544. The van der Waals surface area contributed by atoms with Crippen molar-refractivity contribution in [1.82, 2.24) is 0 Å². The van der Waals surface area contributed by atoms with Crippen LogP contribution in [0.1, 0.15) is 0 Å². The second kappa shape index (κ2) is 3.31. The van der Waals surface area contributed by atoms with Gasteiger partial charge in [0.2, 0.25) is 0 Å². The molecule has 0 spiro atoms. The monoisotopic (exact) mass is 204 g/mol. The molecule has 0 aliphatic heterocycles. The highest BCUT2D eigenvalue weighted by atomic mass is 32.2. The second-order valence-electron chi connectivity index (χ2n) is 2.56. The van der Waals surface area contributed by atoms with Crippen LogP contribution in [0.5, 0.6) is 0 Å². The summed E-state index contributed by atoms with van der Waals surface area (Å²) in [6, 6.07) is 3.32. The Morgan fingerprint density at radius 2 is 2.08 bits per heavy atom. The first-order chi connectivity index (χ1) is 5.95. The van der Waals surface area contributed by atoms with Crippen LogP contribution in [0.3, 0.4) is 0 Å². The van der Waals surface area contributed by atoms with Crippen LogP contribution in [0.4, 0.5) is 10.1 Å². The Morgan fingerprint density at radius 1 is 1.46 bits per heavy atom. The molecule has 0 aliphatic carbocycles. The average molecular weight is 204 g/mol. The van der Waals surface area contributed by atoms with Crippen LogP contribution in [0.15, 0.2) is 23.1 Å². The molecular formula is C7H9FN2O2S. The summed E-state index contributed by atoms with van der Waals surface area (Å²) in [4.78, 5) is -0.144. The lowest BCUT2D eigenvalue weighted by atomic mass is 10.3. The van der Waals surface area contributed by atoms with E-state index in [1.54, 1.807) is 0 Å². The molecular weight excluding hydrogens is 195 g/mol. The smallest absolute Gasteiger partial charge is 0.177 e. The Labute approximate surface area is 75.4 Å². The van der Waals surface area contributed by atoms with Gasteiger partial charge in [0.05, 0.1) is 10.6 Å². The van der Waals surface area contributed by atoms with Crippen molar-refractivity contribution in [3.8, 4) is 0 Å². The molecule has 3 N–H and O–H groups in total. The van der Waals surface area contributed by atoms with Gasteiger partial charge in [-0.1, -0.05) is 0 Å². The minimum Gasteiger partial charge on any atom is -0.323 e. The first kappa shape index (κ1) is 9.94. The summed E-state index contributed by atoms with van der Waals surface area (Å²) in [7, 11) is -3.45. The van der Waals surface area contributed by atoms with Crippen molar-refractivity contribution in [3.05, 3.63) is 24.0 Å². The lowest BCUT2D eigenvalue weighted by molar-refractivity contribution is 0.596. The van der Waals surface area contributed by atoms with E-state index in [-0.39, 0.29) is 10.6 Å². The van der Waals surface area contributed by atoms with Gasteiger partial charge in [-0.2, -0.15) is 0 Å². The molecule has 0 aliphatic rings. The number of hydrogen-bond donors (Lipinski definition) is 2. The average Bonchev–Trinajstić information content (AvgIpc) is 2.03. The summed E-state index contributed by atoms with van der Waals surface area (Å²) in [6.45, 7) is 0. The van der Waals surface area contributed by atoms with Crippen molar-refractivity contribution in [1.29, 1.82) is 0 Å². The lowest BCUT2D eigenvalue weighted by Crippen LogP contribution is -2.11. The van der Waals surface area contributed by atoms with E-state index in [1.807, 2.05) is 0 Å². The molecule has 4 nitrogen and oxygen atoms in total. The number of nitrogens with one attached hydrogen (secondary N) is 1. The maximum absolute atomic E-state index is 12.7. The van der Waals surface area contributed by atoms with Crippen LogP contribution in [-0.2, 0) is 9.84 Å². The van der Waals surface area contributed by atoms with Crippen LogP contribution in [0.25, 0.3) is 0 Å². The number of anilines is 1. The van der Waals surface area contributed by atoms with Gasteiger partial charge >= 0.3 is 0 Å². The predicted octanol–water partition coefficient (Wildman–Crippen LogP) is 0.515. The van der Waals surface area contributed by atoms with Crippen molar-refractivity contribution in [2.45, 2.75) is 4.90 Å². The molecule has 0 atom stereocenters. The first-order valence-electron chi connectivity index (χ1n) is 3.41. The normalized spacial score (nSPS) is 11.3. The summed E-state index contributed by atoms with van der Waals surface area (Å²) < 4.78 is 34.9. The number of rotatable bonds is 2. The zero-order chi connectivity index (χ0) is 10.1. The molecule has 0 bridgehead atoms. The summed E-state index contributed by atoms with van der Waals surface area (Å²) in [5.74, 6) is 4.45. The highest BCUT2D eigenvalue weighted by Crippen LogP contribution is 2.20. The number of halogens is 1. The van der Waals surface area contributed by atoms with Crippen molar-refractivity contribution in [2.24, 2.45) is 5.84 Å². The minimum atomic E-state index is -3.45. The highest BCUT2D eigenvalue weighted by molar-refractivity contribution is 7.90. The molecule has 0 fully saturated rings.